The Morgan fingerprint density at radius 3 is 2.48 bits per heavy atom. The molecule has 1 unspecified atom stereocenters. The standard InChI is InChI=1S/C33H44F2N6O4S/c1-23-24-7-6-8-26(19-24)33(34,35)25-10-13-39(14-11-25)21-27(45-2)9-4-3-5-12-41-31-28(30(38-23)36-22-37-31)20-29(32(41)42)40-15-17-46(43,44)18-16-40/h6-8,19-20,22-23,25,27H,3-5,9-18,21H2,1-2H3,(H,36,37,38)/t23-,27?/m1/s1. The molecule has 2 saturated heterocycles. The molecule has 0 aliphatic carbocycles. The fraction of sp³-hybridized carbons (Fsp3) is 0.606. The fourth-order valence-electron chi connectivity index (χ4n) is 7.08. The van der Waals surface area contributed by atoms with Crippen LogP contribution >= 0.6 is 0 Å². The zero-order valence-electron chi connectivity index (χ0n) is 26.6. The third-order valence-corrected chi connectivity index (χ3v) is 11.6. The number of benzene rings is 1. The first-order valence-electron chi connectivity index (χ1n) is 16.4. The maximum absolute atomic E-state index is 15.9. The van der Waals surface area contributed by atoms with Crippen molar-refractivity contribution < 1.29 is 21.9 Å². The van der Waals surface area contributed by atoms with Gasteiger partial charge in [0, 0.05) is 50.8 Å². The number of hydrogen-bond acceptors (Lipinski definition) is 9. The second kappa shape index (κ2) is 13.5. The van der Waals surface area contributed by atoms with Crippen molar-refractivity contribution in [1.82, 2.24) is 19.4 Å². The van der Waals surface area contributed by atoms with Crippen LogP contribution in [0.3, 0.4) is 0 Å². The summed E-state index contributed by atoms with van der Waals surface area (Å²) in [5, 5.41) is 4.03. The molecule has 2 fully saturated rings. The minimum atomic E-state index is -3.15. The molecule has 0 amide bonds. The number of alkyl halides is 2. The van der Waals surface area contributed by atoms with Gasteiger partial charge in [-0.2, -0.15) is 0 Å². The molecule has 2 atom stereocenters. The van der Waals surface area contributed by atoms with Crippen LogP contribution in [0.1, 0.15) is 62.6 Å². The Balaban J connectivity index is 1.39. The number of nitrogens with one attached hydrogen (secondary N) is 1. The highest BCUT2D eigenvalue weighted by molar-refractivity contribution is 7.91. The number of ether oxygens (including phenoxy) is 1. The van der Waals surface area contributed by atoms with Crippen LogP contribution in [0.5, 0.6) is 0 Å². The van der Waals surface area contributed by atoms with Crippen LogP contribution in [-0.4, -0.2) is 85.3 Å². The first kappa shape index (κ1) is 32.8. The molecule has 7 rings (SSSR count). The minimum absolute atomic E-state index is 0.00738. The number of hydrogen-bond donors (Lipinski definition) is 1. The van der Waals surface area contributed by atoms with Crippen molar-refractivity contribution in [3.05, 3.63) is 58.1 Å². The van der Waals surface area contributed by atoms with Crippen LogP contribution in [0.2, 0.25) is 0 Å². The molecular weight excluding hydrogens is 614 g/mol. The number of halogens is 2. The van der Waals surface area contributed by atoms with Gasteiger partial charge in [0.15, 0.2) is 9.84 Å². The lowest BCUT2D eigenvalue weighted by molar-refractivity contribution is -0.0882. The monoisotopic (exact) mass is 658 g/mol. The van der Waals surface area contributed by atoms with Crippen LogP contribution < -0.4 is 15.8 Å². The minimum Gasteiger partial charge on any atom is -0.380 e. The largest absolute Gasteiger partial charge is 0.380 e. The average molecular weight is 659 g/mol. The van der Waals surface area contributed by atoms with Crippen LogP contribution in [-0.2, 0) is 27.0 Å². The number of fused-ring (bicyclic) bond motifs is 9. The molecule has 1 N–H and O–H groups in total. The first-order valence-corrected chi connectivity index (χ1v) is 18.2. The molecule has 4 aliphatic rings. The number of sulfone groups is 1. The number of pyridine rings is 1. The van der Waals surface area contributed by atoms with Crippen molar-refractivity contribution >= 4 is 32.4 Å². The van der Waals surface area contributed by atoms with Crippen LogP contribution in [0.15, 0.2) is 41.5 Å². The lowest BCUT2D eigenvalue weighted by atomic mass is 9.85. The topological polar surface area (TPSA) is 110 Å². The summed E-state index contributed by atoms with van der Waals surface area (Å²) in [5.41, 5.74) is 1.40. The number of aryl methyl sites for hydroxylation is 1. The molecule has 0 spiro atoms. The van der Waals surface area contributed by atoms with Gasteiger partial charge in [0.25, 0.3) is 11.5 Å². The van der Waals surface area contributed by atoms with E-state index in [1.807, 2.05) is 17.9 Å². The van der Waals surface area contributed by atoms with E-state index in [0.29, 0.717) is 67.1 Å². The summed E-state index contributed by atoms with van der Waals surface area (Å²) in [6.45, 7) is 4.75. The summed E-state index contributed by atoms with van der Waals surface area (Å²) in [4.78, 5) is 27.1. The highest BCUT2D eigenvalue weighted by Gasteiger charge is 2.43. The zero-order chi connectivity index (χ0) is 32.5. The number of piperidine rings is 1. The van der Waals surface area contributed by atoms with Gasteiger partial charge in [-0.05, 0) is 63.4 Å². The van der Waals surface area contributed by atoms with Gasteiger partial charge in [-0.1, -0.05) is 31.0 Å². The summed E-state index contributed by atoms with van der Waals surface area (Å²) in [5.74, 6) is -3.25. The van der Waals surface area contributed by atoms with Gasteiger partial charge in [0.05, 0.1) is 23.0 Å². The van der Waals surface area contributed by atoms with E-state index < -0.39 is 21.7 Å². The Morgan fingerprint density at radius 1 is 0.978 bits per heavy atom. The maximum atomic E-state index is 15.9. The Kier molecular flexibility index (Phi) is 9.63. The van der Waals surface area contributed by atoms with Crippen molar-refractivity contribution in [2.75, 3.05) is 61.6 Å². The number of anilines is 2. The third-order valence-electron chi connectivity index (χ3n) is 9.98. The van der Waals surface area contributed by atoms with E-state index in [9.17, 15) is 13.2 Å². The Bertz CT molecular complexity index is 1700. The van der Waals surface area contributed by atoms with Crippen molar-refractivity contribution in [1.29, 1.82) is 0 Å². The van der Waals surface area contributed by atoms with Crippen molar-refractivity contribution in [2.45, 2.75) is 70.1 Å². The maximum Gasteiger partial charge on any atom is 0.276 e. The first-order chi connectivity index (χ1) is 22.1. The number of methoxy groups -OCH3 is 1. The summed E-state index contributed by atoms with van der Waals surface area (Å²) in [6, 6.07) is 7.99. The van der Waals surface area contributed by atoms with Crippen LogP contribution in [0.4, 0.5) is 20.3 Å². The predicted octanol–water partition coefficient (Wildman–Crippen LogP) is 4.59. The molecule has 10 nitrogen and oxygen atoms in total. The van der Waals surface area contributed by atoms with E-state index in [4.69, 9.17) is 4.74 Å². The SMILES string of the molecule is COC1CCCCCn2c(=O)c(N3CCS(=O)(=O)CC3)cc3c(ncnc32)N[C@H](C)c2cccc(c2)C(F)(F)C2CCN(CC2)C1. The highest BCUT2D eigenvalue weighted by Crippen LogP contribution is 2.42. The van der Waals surface area contributed by atoms with Crippen LogP contribution in [0, 0.1) is 5.92 Å². The number of rotatable bonds is 2. The molecule has 6 heterocycles. The molecule has 3 aromatic rings. The van der Waals surface area contributed by atoms with Gasteiger partial charge in [-0.25, -0.2) is 27.2 Å². The summed E-state index contributed by atoms with van der Waals surface area (Å²) >= 11 is 0. The van der Waals surface area contributed by atoms with E-state index in [0.717, 1.165) is 25.7 Å². The van der Waals surface area contributed by atoms with Gasteiger partial charge in [0.2, 0.25) is 0 Å². The lowest BCUT2D eigenvalue weighted by Gasteiger charge is -2.37. The lowest BCUT2D eigenvalue weighted by Crippen LogP contribution is -2.43. The molecular formula is C33H44F2N6O4S. The molecule has 0 saturated carbocycles. The Hall–Kier alpha value is -3.16. The third kappa shape index (κ3) is 6.91. The molecule has 2 aromatic heterocycles. The van der Waals surface area contributed by atoms with Crippen molar-refractivity contribution in [2.24, 2.45) is 5.92 Å². The van der Waals surface area contributed by atoms with Crippen molar-refractivity contribution in [3.8, 4) is 0 Å². The second-order valence-corrected chi connectivity index (χ2v) is 15.3. The quantitative estimate of drug-likeness (QED) is 0.423. The summed E-state index contributed by atoms with van der Waals surface area (Å²) in [7, 11) is -1.44. The van der Waals surface area contributed by atoms with Gasteiger partial charge in [0.1, 0.15) is 23.5 Å². The summed E-state index contributed by atoms with van der Waals surface area (Å²) < 4.78 is 63.7. The van der Waals surface area contributed by atoms with Gasteiger partial charge in [-0.15, -0.1) is 0 Å². The number of nitrogens with zero attached hydrogens (tertiary/aromatic N) is 5. The molecule has 46 heavy (non-hydrogen) atoms. The molecule has 0 radical (unpaired) electrons. The van der Waals surface area contributed by atoms with Crippen LogP contribution in [0.25, 0.3) is 11.0 Å². The molecule has 8 bridgehead atoms. The molecule has 4 aliphatic heterocycles. The van der Waals surface area contributed by atoms with E-state index >= 15 is 8.78 Å². The Morgan fingerprint density at radius 2 is 1.74 bits per heavy atom. The smallest absolute Gasteiger partial charge is 0.276 e. The Labute approximate surface area is 269 Å². The number of aromatic nitrogens is 3. The van der Waals surface area contributed by atoms with E-state index in [-0.39, 0.29) is 47.9 Å². The van der Waals surface area contributed by atoms with Gasteiger partial charge in [-0.3, -0.25) is 9.36 Å². The van der Waals surface area contributed by atoms with Crippen molar-refractivity contribution in [3.63, 3.8) is 0 Å². The van der Waals surface area contributed by atoms with E-state index in [2.05, 4.69) is 20.2 Å². The van der Waals surface area contributed by atoms with Gasteiger partial charge >= 0.3 is 0 Å². The molecule has 250 valence electrons. The molecule has 13 heteroatoms. The highest BCUT2D eigenvalue weighted by atomic mass is 32.2. The average Bonchev–Trinajstić information content (AvgIpc) is 3.05. The molecule has 1 aromatic carbocycles. The van der Waals surface area contributed by atoms with Gasteiger partial charge < -0.3 is 19.9 Å². The zero-order valence-corrected chi connectivity index (χ0v) is 27.4. The second-order valence-electron chi connectivity index (χ2n) is 13.0. The van der Waals surface area contributed by atoms with E-state index in [1.54, 1.807) is 29.9 Å². The normalized spacial score (nSPS) is 27.2. The predicted molar refractivity (Wildman–Crippen MR) is 175 cm³/mol. The fourth-order valence-corrected chi connectivity index (χ4v) is 8.28. The van der Waals surface area contributed by atoms with E-state index in [1.165, 1.54) is 12.4 Å². The summed E-state index contributed by atoms with van der Waals surface area (Å²) in [6.07, 6.45) is 5.63.